The van der Waals surface area contributed by atoms with Gasteiger partial charge in [0.15, 0.2) is 0 Å². The lowest BCUT2D eigenvalue weighted by Crippen LogP contribution is -2.39. The number of hydrogen-bond acceptors (Lipinski definition) is 4. The Morgan fingerprint density at radius 1 is 1.32 bits per heavy atom. The van der Waals surface area contributed by atoms with Crippen molar-refractivity contribution in [1.29, 1.82) is 0 Å². The Hall–Kier alpha value is -1.60. The number of carbonyl (C=O) groups is 1. The Balaban J connectivity index is 1.67. The molecule has 0 N–H and O–H groups in total. The standard InChI is InChI=1S/C15H20N2O4S/c1-15(2)8-13-9-16(22(19,20)17(13)11-15)14(18)21-10-12-6-4-3-5-7-12/h3-7,13H,8-11H2,1-2H3/t13-/m0/s1. The number of ether oxygens (including phenoxy) is 1. The summed E-state index contributed by atoms with van der Waals surface area (Å²) in [6.07, 6.45) is -0.0367. The van der Waals surface area contributed by atoms with Crippen LogP contribution in [0.15, 0.2) is 30.3 Å². The first kappa shape index (κ1) is 15.3. The zero-order valence-corrected chi connectivity index (χ0v) is 13.5. The number of benzene rings is 1. The van der Waals surface area contributed by atoms with Gasteiger partial charge in [0.2, 0.25) is 0 Å². The topological polar surface area (TPSA) is 66.9 Å². The van der Waals surface area contributed by atoms with Gasteiger partial charge in [-0.1, -0.05) is 44.2 Å². The molecule has 0 radical (unpaired) electrons. The van der Waals surface area contributed by atoms with Crippen LogP contribution in [0.3, 0.4) is 0 Å². The smallest absolute Gasteiger partial charge is 0.424 e. The summed E-state index contributed by atoms with van der Waals surface area (Å²) in [4.78, 5) is 12.1. The SMILES string of the molecule is CC1(C)C[C@H]2CN(C(=O)OCc3ccccc3)S(=O)(=O)N2C1. The zero-order valence-electron chi connectivity index (χ0n) is 12.7. The van der Waals surface area contributed by atoms with Crippen molar-refractivity contribution in [2.45, 2.75) is 32.9 Å². The van der Waals surface area contributed by atoms with Gasteiger partial charge in [0, 0.05) is 12.6 Å². The summed E-state index contributed by atoms with van der Waals surface area (Å²) in [5.41, 5.74) is 0.784. The summed E-state index contributed by atoms with van der Waals surface area (Å²) in [6.45, 7) is 4.78. The average Bonchev–Trinajstić information content (AvgIpc) is 2.89. The molecule has 0 unspecified atom stereocenters. The molecule has 2 aliphatic rings. The first-order valence-corrected chi connectivity index (χ1v) is 8.69. The van der Waals surface area contributed by atoms with Gasteiger partial charge in [0.25, 0.3) is 0 Å². The molecular formula is C15H20N2O4S. The predicted molar refractivity (Wildman–Crippen MR) is 81.1 cm³/mol. The van der Waals surface area contributed by atoms with Crippen LogP contribution in [-0.4, -0.2) is 42.3 Å². The molecule has 2 fully saturated rings. The van der Waals surface area contributed by atoms with E-state index < -0.39 is 16.3 Å². The highest BCUT2D eigenvalue weighted by Gasteiger charge is 2.53. The fourth-order valence-corrected chi connectivity index (χ4v) is 5.04. The van der Waals surface area contributed by atoms with Gasteiger partial charge in [-0.05, 0) is 17.4 Å². The van der Waals surface area contributed by atoms with Crippen LogP contribution in [0.1, 0.15) is 25.8 Å². The summed E-state index contributed by atoms with van der Waals surface area (Å²) in [5, 5.41) is 0. The lowest BCUT2D eigenvalue weighted by atomic mass is 9.91. The van der Waals surface area contributed by atoms with E-state index in [9.17, 15) is 13.2 Å². The van der Waals surface area contributed by atoms with Crippen LogP contribution < -0.4 is 0 Å². The van der Waals surface area contributed by atoms with E-state index in [0.29, 0.717) is 6.54 Å². The number of hydrogen-bond donors (Lipinski definition) is 0. The summed E-state index contributed by atoms with van der Waals surface area (Å²) in [7, 11) is -3.75. The Bertz CT molecular complexity index is 672. The minimum atomic E-state index is -3.75. The highest BCUT2D eigenvalue weighted by Crippen LogP contribution is 2.40. The van der Waals surface area contributed by atoms with Crippen molar-refractivity contribution in [2.75, 3.05) is 13.1 Å². The van der Waals surface area contributed by atoms with Gasteiger partial charge >= 0.3 is 16.3 Å². The largest absolute Gasteiger partial charge is 0.444 e. The van der Waals surface area contributed by atoms with Crippen molar-refractivity contribution in [2.24, 2.45) is 5.41 Å². The van der Waals surface area contributed by atoms with Crippen LogP contribution in [0.4, 0.5) is 4.79 Å². The van der Waals surface area contributed by atoms with Crippen LogP contribution in [-0.2, 0) is 21.6 Å². The maximum atomic E-state index is 12.5. The minimum Gasteiger partial charge on any atom is -0.444 e. The third kappa shape index (κ3) is 2.70. The molecule has 2 aliphatic heterocycles. The van der Waals surface area contributed by atoms with E-state index in [4.69, 9.17) is 4.74 Å². The number of amides is 1. The summed E-state index contributed by atoms with van der Waals surface area (Å²) in [5.74, 6) is 0. The molecular weight excluding hydrogens is 304 g/mol. The quantitative estimate of drug-likeness (QED) is 0.834. The Kier molecular flexibility index (Phi) is 3.65. The summed E-state index contributed by atoms with van der Waals surface area (Å²) < 4.78 is 32.4. The number of carbonyl (C=O) groups excluding carboxylic acids is 1. The van der Waals surface area contributed by atoms with Gasteiger partial charge in [-0.3, -0.25) is 0 Å². The Morgan fingerprint density at radius 3 is 2.64 bits per heavy atom. The molecule has 0 saturated carbocycles. The lowest BCUT2D eigenvalue weighted by molar-refractivity contribution is 0.119. The fraction of sp³-hybridized carbons (Fsp3) is 0.533. The van der Waals surface area contributed by atoms with Gasteiger partial charge < -0.3 is 4.74 Å². The number of nitrogens with zero attached hydrogens (tertiary/aromatic N) is 2. The molecule has 1 atom stereocenters. The van der Waals surface area contributed by atoms with Crippen molar-refractivity contribution < 1.29 is 17.9 Å². The van der Waals surface area contributed by atoms with E-state index >= 15 is 0 Å². The zero-order chi connectivity index (χ0) is 16.0. The highest BCUT2D eigenvalue weighted by molar-refractivity contribution is 7.87. The molecule has 2 heterocycles. The molecule has 3 rings (SSSR count). The molecule has 0 bridgehead atoms. The molecule has 22 heavy (non-hydrogen) atoms. The third-order valence-electron chi connectivity index (χ3n) is 4.14. The average molecular weight is 324 g/mol. The first-order valence-electron chi connectivity index (χ1n) is 7.30. The maximum absolute atomic E-state index is 12.5. The van der Waals surface area contributed by atoms with Crippen molar-refractivity contribution >= 4 is 16.3 Å². The second-order valence-electron chi connectivity index (χ2n) is 6.65. The van der Waals surface area contributed by atoms with Crippen molar-refractivity contribution in [3.63, 3.8) is 0 Å². The van der Waals surface area contributed by atoms with Gasteiger partial charge in [-0.2, -0.15) is 17.0 Å². The molecule has 120 valence electrons. The van der Waals surface area contributed by atoms with Crippen LogP contribution in [0.2, 0.25) is 0 Å². The lowest BCUT2D eigenvalue weighted by Gasteiger charge is -2.22. The van der Waals surface area contributed by atoms with Crippen molar-refractivity contribution in [1.82, 2.24) is 8.61 Å². The van der Waals surface area contributed by atoms with E-state index in [1.165, 1.54) is 4.31 Å². The Labute approximate surface area is 130 Å². The molecule has 1 aromatic rings. The first-order chi connectivity index (χ1) is 10.3. The molecule has 2 saturated heterocycles. The van der Waals surface area contributed by atoms with Crippen LogP contribution in [0.5, 0.6) is 0 Å². The van der Waals surface area contributed by atoms with Crippen molar-refractivity contribution in [3.05, 3.63) is 35.9 Å². The molecule has 1 aromatic carbocycles. The van der Waals surface area contributed by atoms with Gasteiger partial charge in [0.05, 0.1) is 6.54 Å². The molecule has 0 aliphatic carbocycles. The second kappa shape index (κ2) is 5.24. The highest BCUT2D eigenvalue weighted by atomic mass is 32.2. The van der Waals surface area contributed by atoms with E-state index in [1.54, 1.807) is 0 Å². The number of fused-ring (bicyclic) bond motifs is 1. The maximum Gasteiger partial charge on any atom is 0.424 e. The minimum absolute atomic E-state index is 0.0439. The normalized spacial score (nSPS) is 25.9. The monoisotopic (exact) mass is 324 g/mol. The van der Waals surface area contributed by atoms with E-state index in [0.717, 1.165) is 16.3 Å². The van der Waals surface area contributed by atoms with Crippen LogP contribution >= 0.6 is 0 Å². The fourth-order valence-electron chi connectivity index (χ4n) is 3.15. The molecule has 7 heteroatoms. The van der Waals surface area contributed by atoms with Gasteiger partial charge in [-0.15, -0.1) is 0 Å². The van der Waals surface area contributed by atoms with Crippen LogP contribution in [0.25, 0.3) is 0 Å². The second-order valence-corrected chi connectivity index (χ2v) is 8.45. The summed E-state index contributed by atoms with van der Waals surface area (Å²) >= 11 is 0. The molecule has 0 aromatic heterocycles. The van der Waals surface area contributed by atoms with E-state index in [2.05, 4.69) is 0 Å². The van der Waals surface area contributed by atoms with E-state index in [-0.39, 0.29) is 24.6 Å². The predicted octanol–water partition coefficient (Wildman–Crippen LogP) is 1.98. The summed E-state index contributed by atoms with van der Waals surface area (Å²) in [6, 6.07) is 9.07. The Morgan fingerprint density at radius 2 is 2.00 bits per heavy atom. The molecule has 1 amide bonds. The molecule has 6 nitrogen and oxygen atoms in total. The number of rotatable bonds is 2. The van der Waals surface area contributed by atoms with Crippen LogP contribution in [0, 0.1) is 5.41 Å². The van der Waals surface area contributed by atoms with Gasteiger partial charge in [0.1, 0.15) is 6.61 Å². The van der Waals surface area contributed by atoms with Crippen molar-refractivity contribution in [3.8, 4) is 0 Å². The molecule has 0 spiro atoms. The van der Waals surface area contributed by atoms with Gasteiger partial charge in [-0.25, -0.2) is 4.79 Å². The third-order valence-corrected chi connectivity index (χ3v) is 6.01. The van der Waals surface area contributed by atoms with E-state index in [1.807, 2.05) is 44.2 Å².